The van der Waals surface area contributed by atoms with E-state index in [9.17, 15) is 0 Å². The number of likely N-dealkylation sites (N-methyl/N-ethyl adjacent to an activating group) is 1. The smallest absolute Gasteiger partial charge is 0.0361 e. The van der Waals surface area contributed by atoms with Crippen LogP contribution in [0.1, 0.15) is 60.3 Å². The molecule has 3 unspecified atom stereocenters. The molecule has 1 rings (SSSR count). The molecule has 0 aliphatic heterocycles. The minimum atomic E-state index is 0.206. The van der Waals surface area contributed by atoms with Gasteiger partial charge >= 0.3 is 0 Å². The first kappa shape index (κ1) is 15.0. The van der Waals surface area contributed by atoms with E-state index in [1.54, 1.807) is 0 Å². The van der Waals surface area contributed by atoms with E-state index < -0.39 is 0 Å². The van der Waals surface area contributed by atoms with Gasteiger partial charge in [-0.1, -0.05) is 33.6 Å². The van der Waals surface area contributed by atoms with Crippen LogP contribution in [0.3, 0.4) is 0 Å². The Morgan fingerprint density at radius 3 is 2.41 bits per heavy atom. The molecule has 0 amide bonds. The Labute approximate surface area is 108 Å². The molecule has 0 saturated heterocycles. The van der Waals surface area contributed by atoms with Gasteiger partial charge in [-0.2, -0.15) is 0 Å². The topological polar surface area (TPSA) is 29.3 Å². The van der Waals surface area contributed by atoms with Crippen molar-refractivity contribution in [3.8, 4) is 0 Å². The zero-order chi connectivity index (χ0) is 13.3. The fourth-order valence-electron chi connectivity index (χ4n) is 3.48. The van der Waals surface area contributed by atoms with E-state index in [0.717, 1.165) is 12.5 Å². The van der Waals surface area contributed by atoms with Crippen LogP contribution in [0, 0.1) is 11.8 Å². The van der Waals surface area contributed by atoms with Crippen molar-refractivity contribution in [2.24, 2.45) is 17.6 Å². The minimum absolute atomic E-state index is 0.206. The second kappa shape index (κ2) is 5.27. The van der Waals surface area contributed by atoms with Gasteiger partial charge in [-0.25, -0.2) is 0 Å². The fourth-order valence-corrected chi connectivity index (χ4v) is 3.48. The molecule has 2 nitrogen and oxygen atoms in total. The summed E-state index contributed by atoms with van der Waals surface area (Å²) in [6, 6.07) is 0. The van der Waals surface area contributed by atoms with Gasteiger partial charge in [0.15, 0.2) is 0 Å². The van der Waals surface area contributed by atoms with Crippen molar-refractivity contribution >= 4 is 0 Å². The Morgan fingerprint density at radius 1 is 1.35 bits per heavy atom. The van der Waals surface area contributed by atoms with Gasteiger partial charge < -0.3 is 5.73 Å². The fraction of sp³-hybridized carbons (Fsp3) is 1.00. The summed E-state index contributed by atoms with van der Waals surface area (Å²) in [5.74, 6) is 1.49. The highest BCUT2D eigenvalue weighted by atomic mass is 15.2. The van der Waals surface area contributed by atoms with Gasteiger partial charge in [0.05, 0.1) is 0 Å². The summed E-state index contributed by atoms with van der Waals surface area (Å²) in [5, 5.41) is 0. The molecule has 1 saturated carbocycles. The quantitative estimate of drug-likeness (QED) is 0.817. The average Bonchev–Trinajstić information content (AvgIpc) is 2.32. The average molecular weight is 240 g/mol. The lowest BCUT2D eigenvalue weighted by molar-refractivity contribution is -0.0513. The minimum Gasteiger partial charge on any atom is -0.329 e. The first-order chi connectivity index (χ1) is 7.81. The molecule has 0 aromatic carbocycles. The molecular formula is C15H32N2. The second-order valence-electron chi connectivity index (χ2n) is 6.69. The summed E-state index contributed by atoms with van der Waals surface area (Å²) in [4.78, 5) is 2.58. The highest BCUT2D eigenvalue weighted by molar-refractivity contribution is 5.03. The molecule has 17 heavy (non-hydrogen) atoms. The van der Waals surface area contributed by atoms with Gasteiger partial charge in [0.2, 0.25) is 0 Å². The van der Waals surface area contributed by atoms with E-state index in [4.69, 9.17) is 5.73 Å². The molecule has 0 heterocycles. The van der Waals surface area contributed by atoms with Crippen LogP contribution in [0.25, 0.3) is 0 Å². The van der Waals surface area contributed by atoms with Crippen molar-refractivity contribution in [2.75, 3.05) is 13.6 Å². The van der Waals surface area contributed by atoms with Crippen LogP contribution in [0.4, 0.5) is 0 Å². The van der Waals surface area contributed by atoms with Crippen LogP contribution in [-0.4, -0.2) is 29.6 Å². The maximum Gasteiger partial charge on any atom is 0.0361 e. The summed E-state index contributed by atoms with van der Waals surface area (Å²) in [6.45, 7) is 12.5. The SMILES string of the molecule is CCC(C)(C)N(C)C1(CN)CCCC(C)C1C. The number of rotatable bonds is 4. The lowest BCUT2D eigenvalue weighted by atomic mass is 9.66. The van der Waals surface area contributed by atoms with Gasteiger partial charge in [0.25, 0.3) is 0 Å². The van der Waals surface area contributed by atoms with Crippen molar-refractivity contribution in [1.29, 1.82) is 0 Å². The Morgan fingerprint density at radius 2 is 1.94 bits per heavy atom. The number of hydrogen-bond acceptors (Lipinski definition) is 2. The zero-order valence-electron chi connectivity index (χ0n) is 12.7. The van der Waals surface area contributed by atoms with E-state index in [1.807, 2.05) is 0 Å². The van der Waals surface area contributed by atoms with Crippen molar-refractivity contribution in [3.63, 3.8) is 0 Å². The van der Waals surface area contributed by atoms with E-state index in [2.05, 4.69) is 46.6 Å². The van der Waals surface area contributed by atoms with Gasteiger partial charge in [-0.05, 0) is 45.6 Å². The molecule has 0 bridgehead atoms. The second-order valence-corrected chi connectivity index (χ2v) is 6.69. The van der Waals surface area contributed by atoms with Crippen molar-refractivity contribution in [1.82, 2.24) is 4.90 Å². The summed E-state index contributed by atoms with van der Waals surface area (Å²) in [6.07, 6.45) is 5.12. The molecule has 1 fully saturated rings. The van der Waals surface area contributed by atoms with E-state index in [1.165, 1.54) is 25.7 Å². The molecular weight excluding hydrogens is 208 g/mol. The molecule has 102 valence electrons. The van der Waals surface area contributed by atoms with E-state index in [-0.39, 0.29) is 11.1 Å². The number of nitrogens with two attached hydrogens (primary N) is 1. The normalized spacial score (nSPS) is 35.3. The number of hydrogen-bond donors (Lipinski definition) is 1. The van der Waals surface area contributed by atoms with Gasteiger partial charge in [0.1, 0.15) is 0 Å². The molecule has 1 aliphatic rings. The molecule has 0 radical (unpaired) electrons. The predicted molar refractivity (Wildman–Crippen MR) is 76.1 cm³/mol. The third kappa shape index (κ3) is 2.53. The molecule has 0 spiro atoms. The molecule has 2 N–H and O–H groups in total. The van der Waals surface area contributed by atoms with E-state index in [0.29, 0.717) is 5.92 Å². The monoisotopic (exact) mass is 240 g/mol. The predicted octanol–water partition coefficient (Wildman–Crippen LogP) is 3.26. The van der Waals surface area contributed by atoms with Gasteiger partial charge in [0, 0.05) is 17.6 Å². The van der Waals surface area contributed by atoms with Gasteiger partial charge in [-0.3, -0.25) is 4.90 Å². The maximum atomic E-state index is 6.20. The summed E-state index contributed by atoms with van der Waals surface area (Å²) >= 11 is 0. The Bertz CT molecular complexity index is 249. The van der Waals surface area contributed by atoms with Crippen molar-refractivity contribution < 1.29 is 0 Å². The first-order valence-electron chi connectivity index (χ1n) is 7.26. The molecule has 2 heteroatoms. The molecule has 0 aromatic heterocycles. The first-order valence-corrected chi connectivity index (χ1v) is 7.26. The van der Waals surface area contributed by atoms with Crippen LogP contribution >= 0.6 is 0 Å². The molecule has 3 atom stereocenters. The van der Waals surface area contributed by atoms with Crippen LogP contribution in [-0.2, 0) is 0 Å². The third-order valence-electron chi connectivity index (χ3n) is 5.76. The van der Waals surface area contributed by atoms with Crippen LogP contribution in [0.5, 0.6) is 0 Å². The van der Waals surface area contributed by atoms with Crippen molar-refractivity contribution in [3.05, 3.63) is 0 Å². The summed E-state index contributed by atoms with van der Waals surface area (Å²) in [5.41, 5.74) is 6.65. The van der Waals surface area contributed by atoms with Gasteiger partial charge in [-0.15, -0.1) is 0 Å². The van der Waals surface area contributed by atoms with E-state index >= 15 is 0 Å². The Kier molecular flexibility index (Phi) is 4.65. The summed E-state index contributed by atoms with van der Waals surface area (Å²) < 4.78 is 0. The largest absolute Gasteiger partial charge is 0.329 e. The van der Waals surface area contributed by atoms with Crippen molar-refractivity contribution in [2.45, 2.75) is 71.4 Å². The lowest BCUT2D eigenvalue weighted by Crippen LogP contribution is -2.65. The van der Waals surface area contributed by atoms with Crippen LogP contribution in [0.2, 0.25) is 0 Å². The van der Waals surface area contributed by atoms with Crippen LogP contribution in [0.15, 0.2) is 0 Å². The molecule has 0 aromatic rings. The highest BCUT2D eigenvalue weighted by Gasteiger charge is 2.47. The lowest BCUT2D eigenvalue weighted by Gasteiger charge is -2.56. The maximum absolute atomic E-state index is 6.20. The highest BCUT2D eigenvalue weighted by Crippen LogP contribution is 2.43. The standard InChI is InChI=1S/C15H32N2/c1-7-14(4,5)17(6)15(11-16)10-8-9-12(2)13(15)3/h12-13H,7-11,16H2,1-6H3. The summed E-state index contributed by atoms with van der Waals surface area (Å²) in [7, 11) is 2.28. The van der Waals surface area contributed by atoms with Crippen LogP contribution < -0.4 is 5.73 Å². The molecule has 1 aliphatic carbocycles. The number of nitrogens with zero attached hydrogens (tertiary/aromatic N) is 1. The third-order valence-corrected chi connectivity index (χ3v) is 5.76. The zero-order valence-corrected chi connectivity index (χ0v) is 12.7. The Hall–Kier alpha value is -0.0800. The Balaban J connectivity index is 3.02.